The SMILES string of the molecule is Cc1ccc(N(C)Cc2nccn2C)c(C=O)c1. The minimum absolute atomic E-state index is 0.674. The van der Waals surface area contributed by atoms with E-state index in [-0.39, 0.29) is 0 Å². The van der Waals surface area contributed by atoms with Crippen molar-refractivity contribution in [3.05, 3.63) is 47.5 Å². The molecule has 0 aliphatic rings. The predicted molar refractivity (Wildman–Crippen MR) is 71.9 cm³/mol. The zero-order valence-corrected chi connectivity index (χ0v) is 10.9. The molecule has 1 aromatic heterocycles. The summed E-state index contributed by atoms with van der Waals surface area (Å²) in [6.45, 7) is 2.66. The van der Waals surface area contributed by atoms with E-state index in [9.17, 15) is 4.79 Å². The molecule has 0 fully saturated rings. The zero-order valence-electron chi connectivity index (χ0n) is 10.9. The lowest BCUT2D eigenvalue weighted by molar-refractivity contribution is 0.112. The summed E-state index contributed by atoms with van der Waals surface area (Å²) < 4.78 is 1.98. The third kappa shape index (κ3) is 2.42. The maximum absolute atomic E-state index is 11.1. The van der Waals surface area contributed by atoms with Crippen LogP contribution in [-0.2, 0) is 13.6 Å². The number of aryl methyl sites for hydroxylation is 2. The number of benzene rings is 1. The Morgan fingerprint density at radius 3 is 2.83 bits per heavy atom. The maximum atomic E-state index is 11.1. The van der Waals surface area contributed by atoms with Gasteiger partial charge in [-0.15, -0.1) is 0 Å². The molecule has 0 saturated heterocycles. The molecular formula is C14H17N3O. The van der Waals surface area contributed by atoms with Crippen LogP contribution in [0.2, 0.25) is 0 Å². The average molecular weight is 243 g/mol. The number of imidazole rings is 1. The van der Waals surface area contributed by atoms with Crippen LogP contribution in [0.1, 0.15) is 21.7 Å². The number of hydrogen-bond acceptors (Lipinski definition) is 3. The Morgan fingerprint density at radius 1 is 1.44 bits per heavy atom. The molecular weight excluding hydrogens is 226 g/mol. The molecule has 4 heteroatoms. The molecule has 18 heavy (non-hydrogen) atoms. The number of carbonyl (C=O) groups is 1. The Bertz CT molecular complexity index is 560. The molecule has 0 aliphatic heterocycles. The first-order valence-corrected chi connectivity index (χ1v) is 5.85. The molecule has 0 unspecified atom stereocenters. The van der Waals surface area contributed by atoms with Crippen LogP contribution in [0, 0.1) is 6.92 Å². The molecule has 0 amide bonds. The van der Waals surface area contributed by atoms with Crippen molar-refractivity contribution in [3.8, 4) is 0 Å². The molecule has 94 valence electrons. The van der Waals surface area contributed by atoms with E-state index in [0.717, 1.165) is 23.4 Å². The summed E-state index contributed by atoms with van der Waals surface area (Å²) in [7, 11) is 3.93. The van der Waals surface area contributed by atoms with Gasteiger partial charge in [0.1, 0.15) is 5.82 Å². The average Bonchev–Trinajstić information content (AvgIpc) is 2.74. The van der Waals surface area contributed by atoms with Crippen molar-refractivity contribution in [1.82, 2.24) is 9.55 Å². The highest BCUT2D eigenvalue weighted by Gasteiger charge is 2.09. The second kappa shape index (κ2) is 5.04. The number of aldehydes is 1. The Hall–Kier alpha value is -2.10. The lowest BCUT2D eigenvalue weighted by Crippen LogP contribution is -2.20. The van der Waals surface area contributed by atoms with Crippen LogP contribution in [0.4, 0.5) is 5.69 Å². The fourth-order valence-corrected chi connectivity index (χ4v) is 1.96. The normalized spacial score (nSPS) is 10.4. The van der Waals surface area contributed by atoms with Gasteiger partial charge in [-0.2, -0.15) is 0 Å². The van der Waals surface area contributed by atoms with E-state index in [1.165, 1.54) is 0 Å². The van der Waals surface area contributed by atoms with Crippen molar-refractivity contribution in [2.24, 2.45) is 7.05 Å². The van der Waals surface area contributed by atoms with Crippen LogP contribution in [0.15, 0.2) is 30.6 Å². The standard InChI is InChI=1S/C14H17N3O/c1-11-4-5-13(12(8-11)10-18)17(3)9-14-15-6-7-16(14)2/h4-8,10H,9H2,1-3H3. The number of nitrogens with zero attached hydrogens (tertiary/aromatic N) is 3. The van der Waals surface area contributed by atoms with E-state index >= 15 is 0 Å². The highest BCUT2D eigenvalue weighted by Crippen LogP contribution is 2.20. The highest BCUT2D eigenvalue weighted by atomic mass is 16.1. The van der Waals surface area contributed by atoms with E-state index in [1.54, 1.807) is 6.20 Å². The number of carbonyl (C=O) groups excluding carboxylic acids is 1. The molecule has 0 atom stereocenters. The third-order valence-corrected chi connectivity index (χ3v) is 3.02. The van der Waals surface area contributed by atoms with Gasteiger partial charge in [0.15, 0.2) is 6.29 Å². The van der Waals surface area contributed by atoms with Crippen LogP contribution in [-0.4, -0.2) is 22.9 Å². The molecule has 0 radical (unpaired) electrons. The fraction of sp³-hybridized carbons (Fsp3) is 0.286. The van der Waals surface area contributed by atoms with Crippen LogP contribution in [0.25, 0.3) is 0 Å². The van der Waals surface area contributed by atoms with Crippen LogP contribution in [0.3, 0.4) is 0 Å². The van der Waals surface area contributed by atoms with Crippen LogP contribution < -0.4 is 4.90 Å². The second-order valence-electron chi connectivity index (χ2n) is 4.49. The smallest absolute Gasteiger partial charge is 0.152 e. The van der Waals surface area contributed by atoms with Gasteiger partial charge in [0, 0.05) is 37.7 Å². The summed E-state index contributed by atoms with van der Waals surface area (Å²) in [5.74, 6) is 0.968. The first-order valence-electron chi connectivity index (χ1n) is 5.85. The van der Waals surface area contributed by atoms with Gasteiger partial charge in [0.25, 0.3) is 0 Å². The van der Waals surface area contributed by atoms with E-state index in [2.05, 4.69) is 4.98 Å². The van der Waals surface area contributed by atoms with Gasteiger partial charge in [-0.3, -0.25) is 4.79 Å². The van der Waals surface area contributed by atoms with Gasteiger partial charge in [0.05, 0.1) is 6.54 Å². The molecule has 0 bridgehead atoms. The van der Waals surface area contributed by atoms with Crippen molar-refractivity contribution < 1.29 is 4.79 Å². The van der Waals surface area contributed by atoms with Gasteiger partial charge in [-0.05, 0) is 19.1 Å². The Kier molecular flexibility index (Phi) is 3.46. The largest absolute Gasteiger partial charge is 0.367 e. The Morgan fingerprint density at radius 2 is 2.22 bits per heavy atom. The minimum atomic E-state index is 0.674. The van der Waals surface area contributed by atoms with E-state index < -0.39 is 0 Å². The second-order valence-corrected chi connectivity index (χ2v) is 4.49. The van der Waals surface area contributed by atoms with Crippen molar-refractivity contribution in [2.45, 2.75) is 13.5 Å². The molecule has 0 aliphatic carbocycles. The predicted octanol–water partition coefficient (Wildman–Crippen LogP) is 2.18. The molecule has 1 aromatic carbocycles. The molecule has 0 spiro atoms. The van der Waals surface area contributed by atoms with Gasteiger partial charge in [-0.25, -0.2) is 4.98 Å². The summed E-state index contributed by atoms with van der Waals surface area (Å²) in [6, 6.07) is 5.89. The first kappa shape index (κ1) is 12.4. The number of anilines is 1. The third-order valence-electron chi connectivity index (χ3n) is 3.02. The Labute approximate surface area is 107 Å². The zero-order chi connectivity index (χ0) is 13.1. The molecule has 4 nitrogen and oxygen atoms in total. The van der Waals surface area contributed by atoms with Crippen molar-refractivity contribution in [2.75, 3.05) is 11.9 Å². The van der Waals surface area contributed by atoms with E-state index in [4.69, 9.17) is 0 Å². The summed E-state index contributed by atoms with van der Waals surface area (Å²) in [5, 5.41) is 0. The van der Waals surface area contributed by atoms with Gasteiger partial charge >= 0.3 is 0 Å². The topological polar surface area (TPSA) is 38.1 Å². The van der Waals surface area contributed by atoms with Crippen LogP contribution >= 0.6 is 0 Å². The molecule has 2 rings (SSSR count). The molecule has 2 aromatic rings. The van der Waals surface area contributed by atoms with Gasteiger partial charge < -0.3 is 9.47 Å². The summed E-state index contributed by atoms with van der Waals surface area (Å²) in [6.07, 6.45) is 4.59. The molecule has 0 N–H and O–H groups in total. The lowest BCUT2D eigenvalue weighted by Gasteiger charge is -2.20. The lowest BCUT2D eigenvalue weighted by atomic mass is 10.1. The fourth-order valence-electron chi connectivity index (χ4n) is 1.96. The molecule has 0 saturated carbocycles. The van der Waals surface area contributed by atoms with Crippen LogP contribution in [0.5, 0.6) is 0 Å². The van der Waals surface area contributed by atoms with Gasteiger partial charge in [-0.1, -0.05) is 11.6 Å². The van der Waals surface area contributed by atoms with Crippen molar-refractivity contribution in [3.63, 3.8) is 0 Å². The quantitative estimate of drug-likeness (QED) is 0.772. The number of hydrogen-bond donors (Lipinski definition) is 0. The minimum Gasteiger partial charge on any atom is -0.367 e. The number of rotatable bonds is 4. The van der Waals surface area contributed by atoms with Crippen molar-refractivity contribution in [1.29, 1.82) is 0 Å². The first-order chi connectivity index (χ1) is 8.61. The highest BCUT2D eigenvalue weighted by molar-refractivity contribution is 5.84. The maximum Gasteiger partial charge on any atom is 0.152 e. The monoisotopic (exact) mass is 243 g/mol. The molecule has 1 heterocycles. The number of aromatic nitrogens is 2. The summed E-state index contributed by atoms with van der Waals surface area (Å²) in [4.78, 5) is 17.4. The van der Waals surface area contributed by atoms with E-state index in [1.807, 2.05) is 54.9 Å². The summed E-state index contributed by atoms with van der Waals surface area (Å²) in [5.41, 5.74) is 2.73. The Balaban J connectivity index is 2.26. The van der Waals surface area contributed by atoms with E-state index in [0.29, 0.717) is 12.1 Å². The van der Waals surface area contributed by atoms with Gasteiger partial charge in [0.2, 0.25) is 0 Å². The van der Waals surface area contributed by atoms with Crippen molar-refractivity contribution >= 4 is 12.0 Å². The summed E-state index contributed by atoms with van der Waals surface area (Å²) >= 11 is 0.